The molecule has 2 rings (SSSR count). The molecule has 0 bridgehead atoms. The summed E-state index contributed by atoms with van der Waals surface area (Å²) in [5.74, 6) is -1.94. The van der Waals surface area contributed by atoms with E-state index in [9.17, 15) is 22.4 Å². The summed E-state index contributed by atoms with van der Waals surface area (Å²) in [7, 11) is 0. The van der Waals surface area contributed by atoms with Gasteiger partial charge in [0.05, 0.1) is 11.1 Å². The molecule has 0 spiro atoms. The fourth-order valence-electron chi connectivity index (χ4n) is 1.94. The highest BCUT2D eigenvalue weighted by Gasteiger charge is 2.32. The number of halogens is 4. The summed E-state index contributed by atoms with van der Waals surface area (Å²) in [6.45, 7) is 2.35. The van der Waals surface area contributed by atoms with E-state index in [-0.39, 0.29) is 5.82 Å². The first-order valence-corrected chi connectivity index (χ1v) is 6.27. The van der Waals surface area contributed by atoms with Crippen LogP contribution >= 0.6 is 0 Å². The second-order valence-corrected chi connectivity index (χ2v) is 4.47. The third-order valence-electron chi connectivity index (χ3n) is 2.92. The van der Waals surface area contributed by atoms with E-state index in [4.69, 9.17) is 0 Å². The molecule has 2 aromatic rings. The van der Waals surface area contributed by atoms with E-state index < -0.39 is 28.9 Å². The number of hydrogen-bond acceptors (Lipinski definition) is 2. The summed E-state index contributed by atoms with van der Waals surface area (Å²) in [6, 6.07) is 1.76. The SMILES string of the molecule is CCCn1ccnc1C(=O)c1cc(C(F)(F)F)ccc1F. The van der Waals surface area contributed by atoms with Gasteiger partial charge in [0.2, 0.25) is 5.78 Å². The Morgan fingerprint density at radius 1 is 1.33 bits per heavy atom. The molecule has 21 heavy (non-hydrogen) atoms. The summed E-state index contributed by atoms with van der Waals surface area (Å²) in [4.78, 5) is 16.0. The van der Waals surface area contributed by atoms with Crippen LogP contribution in [-0.2, 0) is 12.7 Å². The van der Waals surface area contributed by atoms with Crippen molar-refractivity contribution < 1.29 is 22.4 Å². The number of hydrogen-bond donors (Lipinski definition) is 0. The molecule has 0 aliphatic carbocycles. The third kappa shape index (κ3) is 3.12. The van der Waals surface area contributed by atoms with Crippen molar-refractivity contribution in [3.8, 4) is 0 Å². The molecule has 0 saturated heterocycles. The Labute approximate surface area is 118 Å². The summed E-state index contributed by atoms with van der Waals surface area (Å²) in [6.07, 6.45) is -1.04. The predicted molar refractivity (Wildman–Crippen MR) is 67.4 cm³/mol. The zero-order chi connectivity index (χ0) is 15.6. The quantitative estimate of drug-likeness (QED) is 0.637. The molecule has 1 heterocycles. The topological polar surface area (TPSA) is 34.9 Å². The van der Waals surface area contributed by atoms with Crippen molar-refractivity contribution in [1.82, 2.24) is 9.55 Å². The Hall–Kier alpha value is -2.18. The maximum atomic E-state index is 13.7. The van der Waals surface area contributed by atoms with E-state index >= 15 is 0 Å². The molecule has 0 aliphatic heterocycles. The smallest absolute Gasteiger partial charge is 0.328 e. The highest BCUT2D eigenvalue weighted by atomic mass is 19.4. The molecular weight excluding hydrogens is 288 g/mol. The van der Waals surface area contributed by atoms with Gasteiger partial charge in [-0.05, 0) is 24.6 Å². The molecule has 0 fully saturated rings. The van der Waals surface area contributed by atoms with Gasteiger partial charge in [0.25, 0.3) is 0 Å². The highest BCUT2D eigenvalue weighted by Crippen LogP contribution is 2.30. The lowest BCUT2D eigenvalue weighted by Gasteiger charge is -2.10. The van der Waals surface area contributed by atoms with Crippen molar-refractivity contribution in [2.24, 2.45) is 0 Å². The summed E-state index contributed by atoms with van der Waals surface area (Å²) in [5.41, 5.74) is -1.70. The molecule has 0 amide bonds. The normalized spacial score (nSPS) is 11.7. The molecule has 0 unspecified atom stereocenters. The lowest BCUT2D eigenvalue weighted by molar-refractivity contribution is -0.137. The number of rotatable bonds is 4. The summed E-state index contributed by atoms with van der Waals surface area (Å²) in [5, 5.41) is 0. The van der Waals surface area contributed by atoms with Crippen LogP contribution in [-0.4, -0.2) is 15.3 Å². The first kappa shape index (κ1) is 15.2. The van der Waals surface area contributed by atoms with Crippen molar-refractivity contribution in [1.29, 1.82) is 0 Å². The second-order valence-electron chi connectivity index (χ2n) is 4.47. The largest absolute Gasteiger partial charge is 0.416 e. The number of carbonyl (C=O) groups is 1. The van der Waals surface area contributed by atoms with Crippen LogP contribution in [0.25, 0.3) is 0 Å². The number of ketones is 1. The first-order valence-electron chi connectivity index (χ1n) is 6.27. The Kier molecular flexibility index (Phi) is 4.11. The van der Waals surface area contributed by atoms with Crippen molar-refractivity contribution in [2.45, 2.75) is 26.1 Å². The van der Waals surface area contributed by atoms with Crippen LogP contribution in [0, 0.1) is 5.82 Å². The standard InChI is InChI=1S/C14H12F4N2O/c1-2-6-20-7-5-19-13(20)12(21)10-8-9(14(16,17)18)3-4-11(10)15/h3-5,7-8H,2,6H2,1H3. The number of aromatic nitrogens is 2. The van der Waals surface area contributed by atoms with E-state index in [2.05, 4.69) is 4.98 Å². The zero-order valence-electron chi connectivity index (χ0n) is 11.1. The first-order chi connectivity index (χ1) is 9.84. The fourth-order valence-corrected chi connectivity index (χ4v) is 1.94. The van der Waals surface area contributed by atoms with E-state index in [1.807, 2.05) is 6.92 Å². The predicted octanol–water partition coefficient (Wildman–Crippen LogP) is 3.68. The number of nitrogens with zero attached hydrogens (tertiary/aromatic N) is 2. The maximum Gasteiger partial charge on any atom is 0.416 e. The fraction of sp³-hybridized carbons (Fsp3) is 0.286. The van der Waals surface area contributed by atoms with Crippen molar-refractivity contribution in [3.63, 3.8) is 0 Å². The van der Waals surface area contributed by atoms with Gasteiger partial charge in [-0.2, -0.15) is 13.2 Å². The average molecular weight is 300 g/mol. The molecule has 0 N–H and O–H groups in total. The number of imidazole rings is 1. The summed E-state index contributed by atoms with van der Waals surface area (Å²) >= 11 is 0. The molecule has 0 saturated carbocycles. The molecule has 1 aromatic carbocycles. The van der Waals surface area contributed by atoms with Gasteiger partial charge in [-0.3, -0.25) is 4.79 Å². The van der Waals surface area contributed by atoms with Crippen LogP contribution in [0.2, 0.25) is 0 Å². The van der Waals surface area contributed by atoms with E-state index in [0.29, 0.717) is 31.2 Å². The minimum atomic E-state index is -4.64. The molecule has 0 radical (unpaired) electrons. The van der Waals surface area contributed by atoms with Gasteiger partial charge in [-0.25, -0.2) is 9.37 Å². The molecular formula is C14H12F4N2O. The Balaban J connectivity index is 2.45. The molecule has 0 aliphatic rings. The van der Waals surface area contributed by atoms with Crippen LogP contribution in [0.15, 0.2) is 30.6 Å². The second kappa shape index (κ2) is 5.67. The number of alkyl halides is 3. The number of benzene rings is 1. The van der Waals surface area contributed by atoms with Gasteiger partial charge in [-0.1, -0.05) is 6.92 Å². The highest BCUT2D eigenvalue weighted by molar-refractivity contribution is 6.07. The van der Waals surface area contributed by atoms with Gasteiger partial charge >= 0.3 is 6.18 Å². The van der Waals surface area contributed by atoms with E-state index in [1.165, 1.54) is 17.0 Å². The van der Waals surface area contributed by atoms with Crippen molar-refractivity contribution in [2.75, 3.05) is 0 Å². The molecule has 112 valence electrons. The van der Waals surface area contributed by atoms with Gasteiger partial charge in [-0.15, -0.1) is 0 Å². The Morgan fingerprint density at radius 3 is 2.67 bits per heavy atom. The third-order valence-corrected chi connectivity index (χ3v) is 2.92. The molecule has 3 nitrogen and oxygen atoms in total. The van der Waals surface area contributed by atoms with Gasteiger partial charge in [0.15, 0.2) is 5.82 Å². The van der Waals surface area contributed by atoms with Crippen LogP contribution < -0.4 is 0 Å². The Bertz CT molecular complexity index is 661. The minimum absolute atomic E-state index is 0.0740. The lowest BCUT2D eigenvalue weighted by Crippen LogP contribution is -2.14. The van der Waals surface area contributed by atoms with Crippen LogP contribution in [0.1, 0.15) is 35.1 Å². The molecule has 7 heteroatoms. The van der Waals surface area contributed by atoms with Crippen molar-refractivity contribution in [3.05, 3.63) is 53.4 Å². The zero-order valence-corrected chi connectivity index (χ0v) is 11.1. The van der Waals surface area contributed by atoms with Gasteiger partial charge < -0.3 is 4.57 Å². The monoisotopic (exact) mass is 300 g/mol. The maximum absolute atomic E-state index is 13.7. The van der Waals surface area contributed by atoms with Crippen molar-refractivity contribution >= 4 is 5.78 Å². The van der Waals surface area contributed by atoms with Crippen LogP contribution in [0.3, 0.4) is 0 Å². The average Bonchev–Trinajstić information content (AvgIpc) is 2.86. The van der Waals surface area contributed by atoms with E-state index in [0.717, 1.165) is 0 Å². The van der Waals surface area contributed by atoms with Crippen LogP contribution in [0.4, 0.5) is 17.6 Å². The van der Waals surface area contributed by atoms with Gasteiger partial charge in [0, 0.05) is 18.9 Å². The minimum Gasteiger partial charge on any atom is -0.328 e. The van der Waals surface area contributed by atoms with E-state index in [1.54, 1.807) is 0 Å². The number of aryl methyl sites for hydroxylation is 1. The Morgan fingerprint density at radius 2 is 2.05 bits per heavy atom. The lowest BCUT2D eigenvalue weighted by atomic mass is 10.1. The van der Waals surface area contributed by atoms with Gasteiger partial charge in [0.1, 0.15) is 5.82 Å². The summed E-state index contributed by atoms with van der Waals surface area (Å²) < 4.78 is 53.1. The molecule has 0 atom stereocenters. The van der Waals surface area contributed by atoms with Crippen LogP contribution in [0.5, 0.6) is 0 Å². The molecule has 1 aromatic heterocycles. The number of carbonyl (C=O) groups excluding carboxylic acids is 1.